The summed E-state index contributed by atoms with van der Waals surface area (Å²) in [6, 6.07) is 13.9. The molecule has 0 saturated carbocycles. The number of hydrogen-bond donors (Lipinski definition) is 2. The zero-order chi connectivity index (χ0) is 16.8. The Balaban J connectivity index is 1.89. The van der Waals surface area contributed by atoms with Gasteiger partial charge in [-0.05, 0) is 48.9 Å². The van der Waals surface area contributed by atoms with Crippen LogP contribution < -0.4 is 10.6 Å². The van der Waals surface area contributed by atoms with E-state index >= 15 is 0 Å². The third-order valence-corrected chi connectivity index (χ3v) is 3.84. The summed E-state index contributed by atoms with van der Waals surface area (Å²) in [5.41, 5.74) is 2.16. The van der Waals surface area contributed by atoms with E-state index in [9.17, 15) is 4.79 Å². The Bertz CT molecular complexity index is 738. The minimum Gasteiger partial charge on any atom is -0.376 e. The fourth-order valence-electron chi connectivity index (χ4n) is 2.07. The van der Waals surface area contributed by atoms with E-state index in [1.165, 1.54) is 0 Å². The molecule has 2 N–H and O–H groups in total. The second-order valence-electron chi connectivity index (χ2n) is 5.00. The molecule has 0 unspecified atom stereocenters. The molecule has 6 heteroatoms. The number of rotatable bonds is 5. The molecule has 0 aliphatic rings. The number of anilines is 1. The van der Waals surface area contributed by atoms with Crippen molar-refractivity contribution in [3.63, 3.8) is 0 Å². The van der Waals surface area contributed by atoms with Crippen molar-refractivity contribution < 1.29 is 4.79 Å². The predicted octanol–water partition coefficient (Wildman–Crippen LogP) is 4.15. The summed E-state index contributed by atoms with van der Waals surface area (Å²) in [5.74, 6) is -0.159. The average molecular weight is 348 g/mol. The third kappa shape index (κ3) is 4.88. The van der Waals surface area contributed by atoms with Crippen LogP contribution in [-0.4, -0.2) is 12.5 Å². The molecule has 118 valence electrons. The molecule has 2 aromatic rings. The summed E-state index contributed by atoms with van der Waals surface area (Å²) in [5, 5.41) is 15.7. The maximum absolute atomic E-state index is 12.0. The smallest absolute Gasteiger partial charge is 0.239 e. The van der Waals surface area contributed by atoms with Gasteiger partial charge in [-0.3, -0.25) is 4.79 Å². The molecule has 1 amide bonds. The molecule has 0 aliphatic carbocycles. The number of halogens is 2. The van der Waals surface area contributed by atoms with E-state index < -0.39 is 0 Å². The Morgan fingerprint density at radius 3 is 2.52 bits per heavy atom. The highest BCUT2D eigenvalue weighted by Crippen LogP contribution is 2.25. The lowest BCUT2D eigenvalue weighted by Crippen LogP contribution is -2.32. The highest BCUT2D eigenvalue weighted by Gasteiger charge is 2.12. The molecule has 0 heterocycles. The van der Waals surface area contributed by atoms with E-state index in [2.05, 4.69) is 10.6 Å². The second-order valence-corrected chi connectivity index (χ2v) is 5.84. The number of nitrogens with one attached hydrogen (secondary N) is 2. The molecule has 0 radical (unpaired) electrons. The molecule has 0 aromatic heterocycles. The molecule has 23 heavy (non-hydrogen) atoms. The zero-order valence-electron chi connectivity index (χ0n) is 12.4. The van der Waals surface area contributed by atoms with Crippen LogP contribution in [0.1, 0.15) is 24.1 Å². The quantitative estimate of drug-likeness (QED) is 0.853. The van der Waals surface area contributed by atoms with Gasteiger partial charge in [0.2, 0.25) is 5.91 Å². The van der Waals surface area contributed by atoms with Crippen LogP contribution in [0.15, 0.2) is 42.5 Å². The van der Waals surface area contributed by atoms with Gasteiger partial charge in [0.25, 0.3) is 0 Å². The number of hydrogen-bond acceptors (Lipinski definition) is 3. The first kappa shape index (κ1) is 17.1. The Hall–Kier alpha value is -2.22. The normalized spacial score (nSPS) is 11.4. The van der Waals surface area contributed by atoms with Crippen LogP contribution in [-0.2, 0) is 4.79 Å². The lowest BCUT2D eigenvalue weighted by molar-refractivity contribution is -0.120. The Morgan fingerprint density at radius 2 is 1.91 bits per heavy atom. The topological polar surface area (TPSA) is 64.9 Å². The first-order valence-corrected chi connectivity index (χ1v) is 7.73. The van der Waals surface area contributed by atoms with E-state index in [1.54, 1.807) is 42.5 Å². The van der Waals surface area contributed by atoms with Crippen molar-refractivity contribution in [1.29, 1.82) is 5.26 Å². The molecule has 0 spiro atoms. The van der Waals surface area contributed by atoms with E-state index in [0.29, 0.717) is 15.6 Å². The van der Waals surface area contributed by atoms with Crippen molar-refractivity contribution in [1.82, 2.24) is 5.32 Å². The summed E-state index contributed by atoms with van der Waals surface area (Å²) in [6.45, 7) is 1.98. The van der Waals surface area contributed by atoms with Crippen LogP contribution >= 0.6 is 23.2 Å². The first-order chi connectivity index (χ1) is 11.0. The van der Waals surface area contributed by atoms with Gasteiger partial charge in [0, 0.05) is 15.7 Å². The molecule has 0 fully saturated rings. The standard InChI is InChI=1S/C17H15Cl2N3O/c1-11(15-7-4-13(18)8-16(15)19)22-17(23)10-21-14-5-2-12(9-20)3-6-14/h2-8,11,21H,10H2,1H3,(H,22,23)/t11-/m1/s1. The fourth-order valence-corrected chi connectivity index (χ4v) is 2.64. The monoisotopic (exact) mass is 347 g/mol. The zero-order valence-corrected chi connectivity index (χ0v) is 13.9. The van der Waals surface area contributed by atoms with Crippen LogP contribution in [0.4, 0.5) is 5.69 Å². The van der Waals surface area contributed by atoms with Gasteiger partial charge in [-0.15, -0.1) is 0 Å². The maximum atomic E-state index is 12.0. The predicted molar refractivity (Wildman–Crippen MR) is 92.7 cm³/mol. The van der Waals surface area contributed by atoms with Gasteiger partial charge < -0.3 is 10.6 Å². The van der Waals surface area contributed by atoms with E-state index in [0.717, 1.165) is 11.3 Å². The largest absolute Gasteiger partial charge is 0.376 e. The van der Waals surface area contributed by atoms with Crippen molar-refractivity contribution >= 4 is 34.8 Å². The summed E-state index contributed by atoms with van der Waals surface area (Å²) < 4.78 is 0. The van der Waals surface area contributed by atoms with Crippen molar-refractivity contribution in [2.75, 3.05) is 11.9 Å². The van der Waals surface area contributed by atoms with E-state index in [-0.39, 0.29) is 18.5 Å². The molecule has 0 saturated heterocycles. The maximum Gasteiger partial charge on any atom is 0.239 e. The fraction of sp³-hybridized carbons (Fsp3) is 0.176. The van der Waals surface area contributed by atoms with Crippen molar-refractivity contribution in [2.45, 2.75) is 13.0 Å². The third-order valence-electron chi connectivity index (χ3n) is 3.27. The number of carbonyl (C=O) groups excluding carboxylic acids is 1. The van der Waals surface area contributed by atoms with E-state index in [4.69, 9.17) is 28.5 Å². The number of amides is 1. The van der Waals surface area contributed by atoms with Crippen LogP contribution in [0.2, 0.25) is 10.0 Å². The van der Waals surface area contributed by atoms with Gasteiger partial charge in [-0.1, -0.05) is 29.3 Å². The summed E-state index contributed by atoms with van der Waals surface area (Å²) in [6.07, 6.45) is 0. The van der Waals surface area contributed by atoms with Crippen LogP contribution in [0.5, 0.6) is 0 Å². The van der Waals surface area contributed by atoms with Gasteiger partial charge in [-0.25, -0.2) is 0 Å². The molecular formula is C17H15Cl2N3O. The summed E-state index contributed by atoms with van der Waals surface area (Å²) in [7, 11) is 0. The average Bonchev–Trinajstić information content (AvgIpc) is 2.53. The highest BCUT2D eigenvalue weighted by atomic mass is 35.5. The molecule has 2 aromatic carbocycles. The number of carbonyl (C=O) groups is 1. The van der Waals surface area contributed by atoms with E-state index in [1.807, 2.05) is 13.0 Å². The van der Waals surface area contributed by atoms with Crippen molar-refractivity contribution in [3.05, 3.63) is 63.6 Å². The van der Waals surface area contributed by atoms with Gasteiger partial charge >= 0.3 is 0 Å². The Kier molecular flexibility index (Phi) is 5.86. The van der Waals surface area contributed by atoms with Gasteiger partial charge in [0.05, 0.1) is 24.2 Å². The minimum absolute atomic E-state index is 0.126. The second kappa shape index (κ2) is 7.87. The lowest BCUT2D eigenvalue weighted by Gasteiger charge is -2.16. The molecule has 0 bridgehead atoms. The molecular weight excluding hydrogens is 333 g/mol. The van der Waals surface area contributed by atoms with Crippen LogP contribution in [0.25, 0.3) is 0 Å². The molecule has 4 nitrogen and oxygen atoms in total. The van der Waals surface area contributed by atoms with Crippen LogP contribution in [0, 0.1) is 11.3 Å². The molecule has 0 aliphatic heterocycles. The highest BCUT2D eigenvalue weighted by molar-refractivity contribution is 6.35. The van der Waals surface area contributed by atoms with Crippen LogP contribution in [0.3, 0.4) is 0 Å². The number of nitrogens with zero attached hydrogens (tertiary/aromatic N) is 1. The first-order valence-electron chi connectivity index (χ1n) is 6.98. The number of benzene rings is 2. The Labute approximate surface area is 145 Å². The minimum atomic E-state index is -0.227. The van der Waals surface area contributed by atoms with Crippen molar-refractivity contribution in [3.8, 4) is 6.07 Å². The van der Waals surface area contributed by atoms with Gasteiger partial charge in [0.1, 0.15) is 0 Å². The summed E-state index contributed by atoms with van der Waals surface area (Å²) in [4.78, 5) is 12.0. The molecule has 1 atom stereocenters. The SMILES string of the molecule is C[C@@H](NC(=O)CNc1ccc(C#N)cc1)c1ccc(Cl)cc1Cl. The van der Waals surface area contributed by atoms with Crippen molar-refractivity contribution in [2.24, 2.45) is 0 Å². The number of nitriles is 1. The lowest BCUT2D eigenvalue weighted by atomic mass is 10.1. The molecule has 2 rings (SSSR count). The summed E-state index contributed by atoms with van der Waals surface area (Å²) >= 11 is 12.0. The van der Waals surface area contributed by atoms with Gasteiger partial charge in [0.15, 0.2) is 0 Å². The Morgan fingerprint density at radius 1 is 1.22 bits per heavy atom. The van der Waals surface area contributed by atoms with Gasteiger partial charge in [-0.2, -0.15) is 5.26 Å².